The largest absolute Gasteiger partial charge is 0.481 e. The minimum atomic E-state index is -0.696. The van der Waals surface area contributed by atoms with Crippen molar-refractivity contribution < 1.29 is 9.90 Å². The molecule has 0 spiro atoms. The Bertz CT molecular complexity index is 444. The number of nitrogens with zero attached hydrogens (tertiary/aromatic N) is 2. The summed E-state index contributed by atoms with van der Waals surface area (Å²) in [6.45, 7) is 4.20. The van der Waals surface area contributed by atoms with Gasteiger partial charge in [0.05, 0.1) is 11.4 Å². The number of aliphatic carboxylic acids is 1. The van der Waals surface area contributed by atoms with Crippen LogP contribution in [-0.2, 0) is 4.79 Å². The van der Waals surface area contributed by atoms with E-state index in [1.54, 1.807) is 18.1 Å². The first-order chi connectivity index (χ1) is 8.51. The fraction of sp³-hybridized carbons (Fsp3) is 0.615. The van der Waals surface area contributed by atoms with E-state index in [1.165, 1.54) is 0 Å². The topological polar surface area (TPSA) is 63.1 Å². The van der Waals surface area contributed by atoms with E-state index in [-0.39, 0.29) is 11.8 Å². The molecule has 2 rings (SSSR count). The van der Waals surface area contributed by atoms with Gasteiger partial charge >= 0.3 is 5.97 Å². The van der Waals surface area contributed by atoms with Crippen LogP contribution in [0.2, 0.25) is 0 Å². The van der Waals surface area contributed by atoms with Crippen LogP contribution in [0, 0.1) is 5.41 Å². The third kappa shape index (κ3) is 3.45. The lowest BCUT2D eigenvalue weighted by atomic mass is 10.1. The molecule has 4 nitrogen and oxygen atoms in total. The molecule has 0 amide bonds. The number of carbonyl (C=O) groups is 1. The highest BCUT2D eigenvalue weighted by molar-refractivity contribution is 7.99. The standard InChI is InChI=1S/C13H18N2O2S/c1-9(2)10-5-11(15-8-14-10)18-7-13(3-4-13)6-12(16)17/h5,8-9H,3-4,6-7H2,1-2H3,(H,16,17). The van der Waals surface area contributed by atoms with Gasteiger partial charge in [0, 0.05) is 11.4 Å². The van der Waals surface area contributed by atoms with Crippen LogP contribution >= 0.6 is 11.8 Å². The quantitative estimate of drug-likeness (QED) is 0.633. The second kappa shape index (κ2) is 5.26. The molecule has 5 heteroatoms. The normalized spacial score (nSPS) is 16.8. The van der Waals surface area contributed by atoms with Gasteiger partial charge in [-0.05, 0) is 30.2 Å². The van der Waals surface area contributed by atoms with Crippen molar-refractivity contribution in [2.24, 2.45) is 5.41 Å². The summed E-state index contributed by atoms with van der Waals surface area (Å²) in [7, 11) is 0. The molecule has 0 saturated heterocycles. The summed E-state index contributed by atoms with van der Waals surface area (Å²) in [5.41, 5.74) is 1.05. The minimum absolute atomic E-state index is 0.0133. The Labute approximate surface area is 111 Å². The van der Waals surface area contributed by atoms with Crippen molar-refractivity contribution in [2.45, 2.75) is 44.1 Å². The minimum Gasteiger partial charge on any atom is -0.481 e. The van der Waals surface area contributed by atoms with E-state index >= 15 is 0 Å². The average molecular weight is 266 g/mol. The van der Waals surface area contributed by atoms with Crippen molar-refractivity contribution >= 4 is 17.7 Å². The van der Waals surface area contributed by atoms with E-state index in [1.807, 2.05) is 6.07 Å². The van der Waals surface area contributed by atoms with Gasteiger partial charge in [-0.25, -0.2) is 9.97 Å². The van der Waals surface area contributed by atoms with Crippen molar-refractivity contribution in [1.82, 2.24) is 9.97 Å². The highest BCUT2D eigenvalue weighted by atomic mass is 32.2. The zero-order valence-corrected chi connectivity index (χ0v) is 11.5. The number of carboxylic acid groups (broad SMARTS) is 1. The molecule has 1 N–H and O–H groups in total. The molecule has 1 aliphatic carbocycles. The highest BCUT2D eigenvalue weighted by Crippen LogP contribution is 2.51. The summed E-state index contributed by atoms with van der Waals surface area (Å²) in [5, 5.41) is 9.82. The maximum absolute atomic E-state index is 10.8. The monoisotopic (exact) mass is 266 g/mol. The highest BCUT2D eigenvalue weighted by Gasteiger charge is 2.44. The van der Waals surface area contributed by atoms with E-state index in [0.717, 1.165) is 29.3 Å². The van der Waals surface area contributed by atoms with Crippen LogP contribution in [0.15, 0.2) is 17.4 Å². The van der Waals surface area contributed by atoms with Crippen LogP contribution in [0.3, 0.4) is 0 Å². The maximum Gasteiger partial charge on any atom is 0.303 e. The third-order valence-corrected chi connectivity index (χ3v) is 4.54. The first-order valence-electron chi connectivity index (χ1n) is 6.17. The average Bonchev–Trinajstić information content (AvgIpc) is 3.06. The van der Waals surface area contributed by atoms with Gasteiger partial charge in [-0.15, -0.1) is 11.8 Å². The van der Waals surface area contributed by atoms with Crippen molar-refractivity contribution in [1.29, 1.82) is 0 Å². The summed E-state index contributed by atoms with van der Waals surface area (Å²) in [5.74, 6) is 0.535. The number of rotatable bonds is 6. The SMILES string of the molecule is CC(C)c1cc(SCC2(CC(=O)O)CC2)ncn1. The second-order valence-electron chi connectivity index (χ2n) is 5.30. The number of hydrogen-bond donors (Lipinski definition) is 1. The smallest absolute Gasteiger partial charge is 0.303 e. The molecule has 1 aromatic rings. The summed E-state index contributed by atoms with van der Waals surface area (Å²) < 4.78 is 0. The van der Waals surface area contributed by atoms with E-state index in [2.05, 4.69) is 23.8 Å². The van der Waals surface area contributed by atoms with Gasteiger partial charge in [-0.2, -0.15) is 0 Å². The summed E-state index contributed by atoms with van der Waals surface area (Å²) >= 11 is 1.65. The fourth-order valence-electron chi connectivity index (χ4n) is 1.84. The first kappa shape index (κ1) is 13.3. The van der Waals surface area contributed by atoms with Gasteiger partial charge in [0.1, 0.15) is 6.33 Å². The molecule has 0 aromatic carbocycles. The summed E-state index contributed by atoms with van der Waals surface area (Å²) in [6.07, 6.45) is 3.92. The molecule has 0 aliphatic heterocycles. The third-order valence-electron chi connectivity index (χ3n) is 3.26. The van der Waals surface area contributed by atoms with Crippen molar-refractivity contribution in [3.05, 3.63) is 18.1 Å². The summed E-state index contributed by atoms with van der Waals surface area (Å²) in [6, 6.07) is 2.01. The van der Waals surface area contributed by atoms with Crippen LogP contribution in [0.25, 0.3) is 0 Å². The lowest BCUT2D eigenvalue weighted by Crippen LogP contribution is -2.11. The zero-order valence-electron chi connectivity index (χ0n) is 10.7. The Balaban J connectivity index is 1.94. The van der Waals surface area contributed by atoms with Crippen LogP contribution in [0.4, 0.5) is 0 Å². The van der Waals surface area contributed by atoms with Crippen molar-refractivity contribution in [3.8, 4) is 0 Å². The van der Waals surface area contributed by atoms with Crippen LogP contribution in [0.1, 0.15) is 44.7 Å². The molecular weight excluding hydrogens is 248 g/mol. The predicted molar refractivity (Wildman–Crippen MR) is 70.8 cm³/mol. The van der Waals surface area contributed by atoms with Gasteiger partial charge in [0.25, 0.3) is 0 Å². The van der Waals surface area contributed by atoms with Gasteiger partial charge in [-0.1, -0.05) is 13.8 Å². The fourth-order valence-corrected chi connectivity index (χ4v) is 3.02. The van der Waals surface area contributed by atoms with Gasteiger partial charge < -0.3 is 5.11 Å². The lowest BCUT2D eigenvalue weighted by Gasteiger charge is -2.12. The van der Waals surface area contributed by atoms with E-state index < -0.39 is 5.97 Å². The Morgan fingerprint density at radius 1 is 1.50 bits per heavy atom. The molecule has 0 bridgehead atoms. The lowest BCUT2D eigenvalue weighted by molar-refractivity contribution is -0.138. The Hall–Kier alpha value is -1.10. The number of hydrogen-bond acceptors (Lipinski definition) is 4. The number of thioether (sulfide) groups is 1. The molecule has 18 heavy (non-hydrogen) atoms. The molecule has 1 saturated carbocycles. The van der Waals surface area contributed by atoms with Crippen LogP contribution in [-0.4, -0.2) is 26.8 Å². The molecule has 0 atom stereocenters. The second-order valence-corrected chi connectivity index (χ2v) is 6.29. The Morgan fingerprint density at radius 3 is 2.78 bits per heavy atom. The number of carboxylic acids is 1. The van der Waals surface area contributed by atoms with E-state index in [9.17, 15) is 4.79 Å². The van der Waals surface area contributed by atoms with Gasteiger partial charge in [0.15, 0.2) is 0 Å². The van der Waals surface area contributed by atoms with Gasteiger partial charge in [0.2, 0.25) is 0 Å². The predicted octanol–water partition coefficient (Wildman–Crippen LogP) is 2.95. The van der Waals surface area contributed by atoms with E-state index in [4.69, 9.17) is 5.11 Å². The molecule has 1 heterocycles. The molecule has 1 aliphatic rings. The molecule has 1 aromatic heterocycles. The van der Waals surface area contributed by atoms with Crippen LogP contribution in [0.5, 0.6) is 0 Å². The first-order valence-corrected chi connectivity index (χ1v) is 7.16. The molecule has 98 valence electrons. The van der Waals surface area contributed by atoms with Crippen LogP contribution < -0.4 is 0 Å². The maximum atomic E-state index is 10.8. The van der Waals surface area contributed by atoms with Crippen molar-refractivity contribution in [3.63, 3.8) is 0 Å². The van der Waals surface area contributed by atoms with Gasteiger partial charge in [-0.3, -0.25) is 4.79 Å². The van der Waals surface area contributed by atoms with Crippen molar-refractivity contribution in [2.75, 3.05) is 5.75 Å². The molecule has 0 unspecified atom stereocenters. The molecular formula is C13H18N2O2S. The Morgan fingerprint density at radius 2 is 2.22 bits per heavy atom. The molecule has 0 radical (unpaired) electrons. The number of aromatic nitrogens is 2. The van der Waals surface area contributed by atoms with E-state index in [0.29, 0.717) is 5.92 Å². The Kier molecular flexibility index (Phi) is 3.90. The summed E-state index contributed by atoms with van der Waals surface area (Å²) in [4.78, 5) is 19.2. The zero-order chi connectivity index (χ0) is 13.2. The molecule has 1 fully saturated rings.